The second-order valence-corrected chi connectivity index (χ2v) is 6.56. The molecule has 2 aromatic carbocycles. The Morgan fingerprint density at radius 2 is 1.81 bits per heavy atom. The lowest BCUT2D eigenvalue weighted by molar-refractivity contribution is -0.120. The zero-order valence-electron chi connectivity index (χ0n) is 14.4. The van der Waals surface area contributed by atoms with Crippen molar-refractivity contribution in [2.75, 3.05) is 13.2 Å². The van der Waals surface area contributed by atoms with E-state index in [4.69, 9.17) is 25.6 Å². The molecule has 0 radical (unpaired) electrons. The zero-order chi connectivity index (χ0) is 18.6. The summed E-state index contributed by atoms with van der Waals surface area (Å²) in [7, 11) is 0. The second-order valence-electron chi connectivity index (χ2n) is 6.12. The van der Waals surface area contributed by atoms with Crippen molar-refractivity contribution in [2.24, 2.45) is 0 Å². The topological polar surface area (TPSA) is 73.6 Å². The molecule has 0 aliphatic carbocycles. The lowest BCUT2D eigenvalue weighted by atomic mass is 10.1. The van der Waals surface area contributed by atoms with Gasteiger partial charge < -0.3 is 19.3 Å². The van der Waals surface area contributed by atoms with Gasteiger partial charge >= 0.3 is 0 Å². The van der Waals surface area contributed by atoms with Gasteiger partial charge in [0.05, 0.1) is 12.1 Å². The Kier molecular flexibility index (Phi) is 4.98. The number of ether oxygens (including phenoxy) is 2. The molecule has 0 spiro atoms. The molecule has 1 aliphatic heterocycles. The third-order valence-electron chi connectivity index (χ3n) is 4.13. The first kappa shape index (κ1) is 17.4. The number of carbonyl (C=O) groups excluding carboxylic acids is 1. The van der Waals surface area contributed by atoms with E-state index in [9.17, 15) is 4.79 Å². The molecular weight excluding hydrogens is 368 g/mol. The van der Waals surface area contributed by atoms with Gasteiger partial charge in [-0.05, 0) is 35.9 Å². The van der Waals surface area contributed by atoms with Crippen LogP contribution in [-0.2, 0) is 17.8 Å². The van der Waals surface area contributed by atoms with Crippen LogP contribution in [0.1, 0.15) is 11.3 Å². The number of carbonyl (C=O) groups is 1. The van der Waals surface area contributed by atoms with E-state index in [1.807, 2.05) is 30.3 Å². The molecule has 3 aromatic rings. The minimum Gasteiger partial charge on any atom is -0.486 e. The van der Waals surface area contributed by atoms with Crippen LogP contribution in [0.25, 0.3) is 11.3 Å². The number of halogens is 1. The average Bonchev–Trinajstić information content (AvgIpc) is 3.15. The van der Waals surface area contributed by atoms with Crippen LogP contribution >= 0.6 is 11.6 Å². The molecule has 2 heterocycles. The maximum Gasteiger partial charge on any atom is 0.226 e. The molecule has 1 N–H and O–H groups in total. The SMILES string of the molecule is O=C(Cc1cc(-c2ccc3c(c2)OCCO3)on1)NCc1ccc(Cl)cc1. The molecule has 0 saturated carbocycles. The summed E-state index contributed by atoms with van der Waals surface area (Å²) < 4.78 is 16.5. The molecule has 0 saturated heterocycles. The van der Waals surface area contributed by atoms with Crippen LogP contribution < -0.4 is 14.8 Å². The summed E-state index contributed by atoms with van der Waals surface area (Å²) in [5.74, 6) is 1.84. The Balaban J connectivity index is 1.37. The molecule has 0 bridgehead atoms. The quantitative estimate of drug-likeness (QED) is 0.727. The van der Waals surface area contributed by atoms with E-state index >= 15 is 0 Å². The van der Waals surface area contributed by atoms with Crippen molar-refractivity contribution in [3.63, 3.8) is 0 Å². The van der Waals surface area contributed by atoms with Crippen molar-refractivity contribution in [3.05, 3.63) is 64.8 Å². The highest BCUT2D eigenvalue weighted by Gasteiger charge is 2.15. The Bertz CT molecular complexity index is 953. The van der Waals surface area contributed by atoms with Crippen LogP contribution in [0.2, 0.25) is 5.02 Å². The van der Waals surface area contributed by atoms with Crippen LogP contribution in [0.15, 0.2) is 53.1 Å². The van der Waals surface area contributed by atoms with Crippen LogP contribution in [0.5, 0.6) is 11.5 Å². The maximum absolute atomic E-state index is 12.1. The Morgan fingerprint density at radius 3 is 2.63 bits per heavy atom. The summed E-state index contributed by atoms with van der Waals surface area (Å²) in [4.78, 5) is 12.1. The van der Waals surface area contributed by atoms with E-state index < -0.39 is 0 Å². The minimum absolute atomic E-state index is 0.132. The summed E-state index contributed by atoms with van der Waals surface area (Å²) in [5, 5.41) is 7.51. The normalized spacial score (nSPS) is 12.6. The third-order valence-corrected chi connectivity index (χ3v) is 4.38. The van der Waals surface area contributed by atoms with E-state index in [0.717, 1.165) is 11.1 Å². The maximum atomic E-state index is 12.1. The third kappa shape index (κ3) is 4.23. The molecule has 1 aliphatic rings. The lowest BCUT2D eigenvalue weighted by Gasteiger charge is -2.18. The summed E-state index contributed by atoms with van der Waals surface area (Å²) >= 11 is 5.85. The number of aromatic nitrogens is 1. The fourth-order valence-electron chi connectivity index (χ4n) is 2.76. The zero-order valence-corrected chi connectivity index (χ0v) is 15.2. The number of hydrogen-bond donors (Lipinski definition) is 1. The van der Waals surface area contributed by atoms with Gasteiger partial charge in [0.1, 0.15) is 13.2 Å². The first-order valence-corrected chi connectivity index (χ1v) is 8.92. The predicted octanol–water partition coefficient (Wildman–Crippen LogP) is 3.63. The minimum atomic E-state index is -0.132. The van der Waals surface area contributed by atoms with Crippen LogP contribution in [-0.4, -0.2) is 24.3 Å². The van der Waals surface area contributed by atoms with Crippen LogP contribution in [0.4, 0.5) is 0 Å². The van der Waals surface area contributed by atoms with Crippen molar-refractivity contribution < 1.29 is 18.8 Å². The van der Waals surface area contributed by atoms with E-state index in [-0.39, 0.29) is 12.3 Å². The van der Waals surface area contributed by atoms with Crippen molar-refractivity contribution in [1.29, 1.82) is 0 Å². The number of fused-ring (bicyclic) bond motifs is 1. The van der Waals surface area contributed by atoms with Crippen LogP contribution in [0, 0.1) is 0 Å². The molecule has 1 aromatic heterocycles. The number of amides is 1. The van der Waals surface area contributed by atoms with Gasteiger partial charge in [-0.3, -0.25) is 4.79 Å². The van der Waals surface area contributed by atoms with Crippen LogP contribution in [0.3, 0.4) is 0 Å². The number of benzene rings is 2. The fourth-order valence-corrected chi connectivity index (χ4v) is 2.88. The van der Waals surface area contributed by atoms with Crippen molar-refractivity contribution in [2.45, 2.75) is 13.0 Å². The highest BCUT2D eigenvalue weighted by Crippen LogP contribution is 2.34. The lowest BCUT2D eigenvalue weighted by Crippen LogP contribution is -2.24. The first-order valence-electron chi connectivity index (χ1n) is 8.54. The largest absolute Gasteiger partial charge is 0.486 e. The van der Waals surface area contributed by atoms with Gasteiger partial charge in [-0.25, -0.2) is 0 Å². The molecule has 0 atom stereocenters. The highest BCUT2D eigenvalue weighted by atomic mass is 35.5. The van der Waals surface area contributed by atoms with Gasteiger partial charge in [-0.1, -0.05) is 28.9 Å². The molecule has 27 heavy (non-hydrogen) atoms. The fraction of sp³-hybridized carbons (Fsp3) is 0.200. The molecule has 6 nitrogen and oxygen atoms in total. The van der Waals surface area contributed by atoms with Gasteiger partial charge in [-0.15, -0.1) is 0 Å². The molecule has 1 amide bonds. The van der Waals surface area contributed by atoms with Gasteiger partial charge in [0.2, 0.25) is 5.91 Å². The van der Waals surface area contributed by atoms with E-state index in [2.05, 4.69) is 10.5 Å². The van der Waals surface area contributed by atoms with Gasteiger partial charge in [-0.2, -0.15) is 0 Å². The first-order chi connectivity index (χ1) is 13.2. The van der Waals surface area contributed by atoms with Gasteiger partial charge in [0.15, 0.2) is 17.3 Å². The van der Waals surface area contributed by atoms with Crippen molar-refractivity contribution >= 4 is 17.5 Å². The number of nitrogens with one attached hydrogen (secondary N) is 1. The summed E-state index contributed by atoms with van der Waals surface area (Å²) in [6.07, 6.45) is 0.141. The van der Waals surface area contributed by atoms with E-state index in [1.165, 1.54) is 0 Å². The Hall–Kier alpha value is -2.99. The van der Waals surface area contributed by atoms with Crippen molar-refractivity contribution in [3.8, 4) is 22.8 Å². The van der Waals surface area contributed by atoms with E-state index in [1.54, 1.807) is 18.2 Å². The summed E-state index contributed by atoms with van der Waals surface area (Å²) in [6, 6.07) is 14.6. The Labute approximate surface area is 161 Å². The van der Waals surface area contributed by atoms with Crippen molar-refractivity contribution in [1.82, 2.24) is 10.5 Å². The molecule has 4 rings (SSSR count). The number of rotatable bonds is 5. The number of hydrogen-bond acceptors (Lipinski definition) is 5. The average molecular weight is 385 g/mol. The smallest absolute Gasteiger partial charge is 0.226 e. The standard InChI is InChI=1S/C20H17ClN2O4/c21-15-4-1-13(2-5-15)12-22-20(24)11-16-10-18(27-23-16)14-3-6-17-19(9-14)26-8-7-25-17/h1-6,9-10H,7-8,11-12H2,(H,22,24). The molecule has 138 valence electrons. The van der Waals surface area contributed by atoms with Gasteiger partial charge in [0.25, 0.3) is 0 Å². The molecule has 0 unspecified atom stereocenters. The van der Waals surface area contributed by atoms with E-state index in [0.29, 0.717) is 47.7 Å². The molecule has 7 heteroatoms. The number of nitrogens with zero attached hydrogens (tertiary/aromatic N) is 1. The second kappa shape index (κ2) is 7.72. The Morgan fingerprint density at radius 1 is 1.04 bits per heavy atom. The summed E-state index contributed by atoms with van der Waals surface area (Å²) in [6.45, 7) is 1.50. The predicted molar refractivity (Wildman–Crippen MR) is 99.9 cm³/mol. The summed E-state index contributed by atoms with van der Waals surface area (Å²) in [5.41, 5.74) is 2.36. The molecular formula is C20H17ClN2O4. The molecule has 0 fully saturated rings. The highest BCUT2D eigenvalue weighted by molar-refractivity contribution is 6.30. The monoisotopic (exact) mass is 384 g/mol. The van der Waals surface area contributed by atoms with Gasteiger partial charge in [0, 0.05) is 23.2 Å².